The van der Waals surface area contributed by atoms with Crippen molar-refractivity contribution >= 4 is 11.6 Å². The molecule has 0 radical (unpaired) electrons. The molecule has 0 spiro atoms. The molecule has 1 aliphatic rings. The number of rotatable bonds is 5. The molecule has 6 heteroatoms. The van der Waals surface area contributed by atoms with Gasteiger partial charge in [0, 0.05) is 6.54 Å². The molecule has 94 valence electrons. The summed E-state index contributed by atoms with van der Waals surface area (Å²) in [7, 11) is 1.53. The second-order valence-electron chi connectivity index (χ2n) is 3.90. The maximum Gasteiger partial charge on any atom is 0.261 e. The molecule has 1 saturated heterocycles. The molecular formula is C11H16ClN3O2. The van der Waals surface area contributed by atoms with Gasteiger partial charge in [-0.3, -0.25) is 4.90 Å². The molecule has 0 aliphatic carbocycles. The Morgan fingerprint density at radius 1 is 1.35 bits per heavy atom. The highest BCUT2D eigenvalue weighted by atomic mass is 35.5. The van der Waals surface area contributed by atoms with Gasteiger partial charge in [0.2, 0.25) is 5.75 Å². The summed E-state index contributed by atoms with van der Waals surface area (Å²) in [4.78, 5) is 10.2. The lowest BCUT2D eigenvalue weighted by molar-refractivity contribution is 0.223. The first-order chi connectivity index (χ1) is 8.31. The van der Waals surface area contributed by atoms with E-state index in [2.05, 4.69) is 14.9 Å². The Hall–Kier alpha value is -1.07. The zero-order valence-electron chi connectivity index (χ0n) is 9.86. The minimum absolute atomic E-state index is 0.277. The molecule has 0 unspecified atom stereocenters. The van der Waals surface area contributed by atoms with Crippen LogP contribution in [0.2, 0.25) is 5.15 Å². The Bertz CT molecular complexity index is 370. The highest BCUT2D eigenvalue weighted by Gasteiger charge is 2.14. The minimum atomic E-state index is 0.277. The maximum absolute atomic E-state index is 5.87. The van der Waals surface area contributed by atoms with Crippen LogP contribution in [0.1, 0.15) is 12.8 Å². The van der Waals surface area contributed by atoms with Crippen LogP contribution in [0.15, 0.2) is 6.33 Å². The van der Waals surface area contributed by atoms with E-state index < -0.39 is 0 Å². The second-order valence-corrected chi connectivity index (χ2v) is 4.26. The molecule has 1 aromatic heterocycles. The first kappa shape index (κ1) is 12.4. The fourth-order valence-corrected chi connectivity index (χ4v) is 2.09. The molecule has 2 heterocycles. The average Bonchev–Trinajstić information content (AvgIpc) is 2.82. The molecule has 0 aromatic carbocycles. The van der Waals surface area contributed by atoms with Crippen LogP contribution >= 0.6 is 11.6 Å². The van der Waals surface area contributed by atoms with E-state index in [1.165, 1.54) is 26.3 Å². The Morgan fingerprint density at radius 2 is 2.12 bits per heavy atom. The molecule has 1 aliphatic heterocycles. The van der Waals surface area contributed by atoms with Gasteiger partial charge in [-0.2, -0.15) is 4.98 Å². The van der Waals surface area contributed by atoms with Crippen molar-refractivity contribution in [1.82, 2.24) is 14.9 Å². The lowest BCUT2D eigenvalue weighted by Gasteiger charge is -2.15. The lowest BCUT2D eigenvalue weighted by atomic mass is 10.4. The van der Waals surface area contributed by atoms with Gasteiger partial charge >= 0.3 is 0 Å². The average molecular weight is 258 g/mol. The van der Waals surface area contributed by atoms with Crippen LogP contribution < -0.4 is 9.47 Å². The third-order valence-corrected chi connectivity index (χ3v) is 3.05. The van der Waals surface area contributed by atoms with Crippen molar-refractivity contribution in [3.8, 4) is 11.6 Å². The maximum atomic E-state index is 5.87. The predicted octanol–water partition coefficient (Wildman–Crippen LogP) is 1.61. The summed E-state index contributed by atoms with van der Waals surface area (Å²) in [5.41, 5.74) is 0. The van der Waals surface area contributed by atoms with Gasteiger partial charge in [0.05, 0.1) is 7.11 Å². The SMILES string of the molecule is COc1c(Cl)ncnc1OCCN1CCCC1. The van der Waals surface area contributed by atoms with Crippen LogP contribution in [0.4, 0.5) is 0 Å². The number of ether oxygens (including phenoxy) is 2. The molecule has 0 bridgehead atoms. The van der Waals surface area contributed by atoms with Gasteiger partial charge < -0.3 is 9.47 Å². The summed E-state index contributed by atoms with van der Waals surface area (Å²) in [5.74, 6) is 0.808. The number of nitrogens with zero attached hydrogens (tertiary/aromatic N) is 3. The second kappa shape index (κ2) is 6.02. The van der Waals surface area contributed by atoms with Crippen molar-refractivity contribution in [2.75, 3.05) is 33.4 Å². The van der Waals surface area contributed by atoms with E-state index in [-0.39, 0.29) is 5.15 Å². The zero-order chi connectivity index (χ0) is 12.1. The Morgan fingerprint density at radius 3 is 2.82 bits per heavy atom. The fraction of sp³-hybridized carbons (Fsp3) is 0.636. The fourth-order valence-electron chi connectivity index (χ4n) is 1.89. The molecule has 0 amide bonds. The van der Waals surface area contributed by atoms with Gasteiger partial charge in [-0.05, 0) is 25.9 Å². The minimum Gasteiger partial charge on any atom is -0.489 e. The van der Waals surface area contributed by atoms with E-state index in [1.54, 1.807) is 0 Å². The molecule has 1 fully saturated rings. The van der Waals surface area contributed by atoms with Crippen LogP contribution in [0.25, 0.3) is 0 Å². The Balaban J connectivity index is 1.87. The zero-order valence-corrected chi connectivity index (χ0v) is 10.6. The summed E-state index contributed by atoms with van der Waals surface area (Å²) in [6.45, 7) is 3.81. The van der Waals surface area contributed by atoms with Crippen LogP contribution in [-0.4, -0.2) is 48.2 Å². The van der Waals surface area contributed by atoms with Crippen LogP contribution in [0, 0.1) is 0 Å². The first-order valence-corrected chi connectivity index (χ1v) is 6.08. The van der Waals surface area contributed by atoms with E-state index in [0.29, 0.717) is 18.2 Å². The van der Waals surface area contributed by atoms with Crippen molar-refractivity contribution in [1.29, 1.82) is 0 Å². The summed E-state index contributed by atoms with van der Waals surface area (Å²) >= 11 is 5.87. The van der Waals surface area contributed by atoms with E-state index in [4.69, 9.17) is 21.1 Å². The van der Waals surface area contributed by atoms with Crippen LogP contribution in [0.3, 0.4) is 0 Å². The molecule has 1 aromatic rings. The normalized spacial score (nSPS) is 16.1. The number of halogens is 1. The molecule has 0 atom stereocenters. The summed E-state index contributed by atoms with van der Waals surface area (Å²) in [6.07, 6.45) is 3.93. The van der Waals surface area contributed by atoms with Gasteiger partial charge in [0.15, 0.2) is 5.15 Å². The molecule has 0 N–H and O–H groups in total. The van der Waals surface area contributed by atoms with Gasteiger partial charge in [-0.15, -0.1) is 0 Å². The van der Waals surface area contributed by atoms with E-state index in [0.717, 1.165) is 19.6 Å². The number of hydrogen-bond donors (Lipinski definition) is 0. The number of hydrogen-bond acceptors (Lipinski definition) is 5. The smallest absolute Gasteiger partial charge is 0.261 e. The third-order valence-electron chi connectivity index (χ3n) is 2.78. The van der Waals surface area contributed by atoms with Gasteiger partial charge in [0.25, 0.3) is 5.88 Å². The van der Waals surface area contributed by atoms with E-state index >= 15 is 0 Å². The molecule has 5 nitrogen and oxygen atoms in total. The molecular weight excluding hydrogens is 242 g/mol. The Labute approximate surface area is 106 Å². The summed E-state index contributed by atoms with van der Waals surface area (Å²) < 4.78 is 10.7. The van der Waals surface area contributed by atoms with Gasteiger partial charge in [0.1, 0.15) is 12.9 Å². The largest absolute Gasteiger partial charge is 0.489 e. The highest BCUT2D eigenvalue weighted by Crippen LogP contribution is 2.30. The van der Waals surface area contributed by atoms with Crippen LogP contribution in [-0.2, 0) is 0 Å². The van der Waals surface area contributed by atoms with Crippen molar-refractivity contribution < 1.29 is 9.47 Å². The van der Waals surface area contributed by atoms with Gasteiger partial charge in [-0.1, -0.05) is 11.6 Å². The van der Waals surface area contributed by atoms with E-state index in [9.17, 15) is 0 Å². The Kier molecular flexibility index (Phi) is 4.39. The predicted molar refractivity (Wildman–Crippen MR) is 64.8 cm³/mol. The monoisotopic (exact) mass is 257 g/mol. The number of likely N-dealkylation sites (tertiary alicyclic amines) is 1. The van der Waals surface area contributed by atoms with Crippen molar-refractivity contribution in [2.24, 2.45) is 0 Å². The van der Waals surface area contributed by atoms with Crippen molar-refractivity contribution in [3.05, 3.63) is 11.5 Å². The number of aromatic nitrogens is 2. The van der Waals surface area contributed by atoms with Gasteiger partial charge in [-0.25, -0.2) is 4.98 Å². The standard InChI is InChI=1S/C11H16ClN3O2/c1-16-9-10(12)13-8-14-11(9)17-7-6-15-4-2-3-5-15/h8H,2-7H2,1H3. The topological polar surface area (TPSA) is 47.5 Å². The number of methoxy groups -OCH3 is 1. The quantitative estimate of drug-likeness (QED) is 0.750. The molecule has 0 saturated carbocycles. The molecule has 17 heavy (non-hydrogen) atoms. The van der Waals surface area contributed by atoms with Crippen molar-refractivity contribution in [3.63, 3.8) is 0 Å². The van der Waals surface area contributed by atoms with Crippen molar-refractivity contribution in [2.45, 2.75) is 12.8 Å². The van der Waals surface area contributed by atoms with Crippen LogP contribution in [0.5, 0.6) is 11.6 Å². The summed E-state index contributed by atoms with van der Waals surface area (Å²) in [6, 6.07) is 0. The summed E-state index contributed by atoms with van der Waals surface area (Å²) in [5, 5.41) is 0.277. The third kappa shape index (κ3) is 3.20. The highest BCUT2D eigenvalue weighted by molar-refractivity contribution is 6.31. The lowest BCUT2D eigenvalue weighted by Crippen LogP contribution is -2.25. The molecule has 2 rings (SSSR count). The van der Waals surface area contributed by atoms with E-state index in [1.807, 2.05) is 0 Å². The first-order valence-electron chi connectivity index (χ1n) is 5.71.